The molecule has 6 unspecified atom stereocenters. The second-order valence-corrected chi connectivity index (χ2v) is 31.3. The molecule has 3 aliphatic rings. The van der Waals surface area contributed by atoms with Crippen LogP contribution in [-0.2, 0) is 86.2 Å². The maximum absolute atomic E-state index is 14.5. The standard InChI is InChI=1S/C78H96N16O18S2/c1-9-11-28-80-75(107)84-50-19-15-21-52(34-50)114(109,110)92-51-20-14-18-46(33-51)56(37-65(98)99)90-76(108)83-48-24-26-49(27-25-48)85-77(113)82-39-64(97)93-29-16-23-60(93)71(103)89-57(30-42(3)4)68(100)81-38-63(96)86-58(31-43(5)6)69(101)88-59(36-62(79)95)70(102)91-66(44(7)8)73(105)112-78(10-2)54-35-61-67-47(32-45-17-12-13-22-55(45)87-67)40-94(61)72(104)53(54)41-111-74(78)106/h12-15,17-22,24-27,32-35,42-44,56-60,66,92H,9-11,16,23,28-31,36-41H2,1-8H3,(H2,79,95)(H,81,100)(H,86,96)(H,88,101)(H,89,103)(H,91,102)(H,98,99)(H2,80,84,107)(H2,82,85,113)(H2,83,90,108)/t56?,57-,58?,59?,60?,66?,78?/m0/s1. The average molecular weight is 1610 g/mol. The number of nitrogens with two attached hydrogens (primary N) is 1. The molecule has 0 bridgehead atoms. The van der Waals surface area contributed by atoms with Gasteiger partial charge in [-0.25, -0.2) is 32.6 Å². The van der Waals surface area contributed by atoms with E-state index in [0.29, 0.717) is 35.6 Å². The summed E-state index contributed by atoms with van der Waals surface area (Å²) in [6.07, 6.45) is 0.881. The number of nitrogens with zero attached hydrogens (tertiary/aromatic N) is 3. The van der Waals surface area contributed by atoms with Crippen molar-refractivity contribution in [1.82, 2.24) is 57.0 Å². The Hall–Kier alpha value is -12.1. The highest BCUT2D eigenvalue weighted by atomic mass is 32.2. The van der Waals surface area contributed by atoms with Gasteiger partial charge in [0.05, 0.1) is 65.9 Å². The van der Waals surface area contributed by atoms with Crippen molar-refractivity contribution in [2.45, 2.75) is 173 Å². The largest absolute Gasteiger partial charge is 0.481 e. The van der Waals surface area contributed by atoms with Crippen molar-refractivity contribution in [3.63, 3.8) is 0 Å². The summed E-state index contributed by atoms with van der Waals surface area (Å²) in [5.41, 5.74) is 6.74. The molecule has 608 valence electrons. The third kappa shape index (κ3) is 22.2. The minimum Gasteiger partial charge on any atom is -0.481 e. The van der Waals surface area contributed by atoms with Gasteiger partial charge in [-0.2, -0.15) is 0 Å². The molecule has 3 aliphatic heterocycles. The van der Waals surface area contributed by atoms with Crippen LogP contribution in [-0.4, -0.2) is 161 Å². The Bertz CT molecular complexity index is 4860. The average Bonchev–Trinajstić information content (AvgIpc) is 1.63. The molecule has 34 nitrogen and oxygen atoms in total. The topological polar surface area (TPSA) is 486 Å². The smallest absolute Gasteiger partial charge is 0.355 e. The number of carbonyl (C=O) groups is 12. The summed E-state index contributed by atoms with van der Waals surface area (Å²) >= 11 is 5.48. The summed E-state index contributed by atoms with van der Waals surface area (Å²) in [6, 6.07) is 19.3. The van der Waals surface area contributed by atoms with Gasteiger partial charge in [-0.1, -0.05) is 98.2 Å². The molecule has 11 amide bonds. The van der Waals surface area contributed by atoms with Gasteiger partial charge in [0.2, 0.25) is 47.0 Å². The van der Waals surface area contributed by atoms with Crippen molar-refractivity contribution in [3.05, 3.63) is 142 Å². The van der Waals surface area contributed by atoms with E-state index in [0.717, 1.165) is 23.8 Å². The maximum atomic E-state index is 14.5. The number of nitrogens with one attached hydrogen (secondary N) is 12. The van der Waals surface area contributed by atoms with Gasteiger partial charge in [0.1, 0.15) is 36.8 Å². The molecule has 2 aromatic heterocycles. The molecule has 1 saturated heterocycles. The summed E-state index contributed by atoms with van der Waals surface area (Å²) in [7, 11) is -4.22. The monoisotopic (exact) mass is 1610 g/mol. The first-order valence-electron chi connectivity index (χ1n) is 37.5. The number of anilines is 4. The van der Waals surface area contributed by atoms with Crippen LogP contribution in [0.3, 0.4) is 0 Å². The second kappa shape index (κ2) is 38.4. The number of aliphatic carboxylic acids is 1. The normalized spacial score (nSPS) is 16.0. The molecular weight excluding hydrogens is 1510 g/mol. The number of carboxylic acid groups (broad SMARTS) is 1. The summed E-state index contributed by atoms with van der Waals surface area (Å²) in [6.45, 7) is 13.2. The number of esters is 2. The van der Waals surface area contributed by atoms with Crippen molar-refractivity contribution in [3.8, 4) is 11.4 Å². The van der Waals surface area contributed by atoms with E-state index in [2.05, 4.69) is 63.2 Å². The van der Waals surface area contributed by atoms with Gasteiger partial charge >= 0.3 is 30.0 Å². The lowest BCUT2D eigenvalue weighted by Crippen LogP contribution is -2.59. The van der Waals surface area contributed by atoms with Crippen molar-refractivity contribution in [1.29, 1.82) is 0 Å². The number of benzene rings is 4. The van der Waals surface area contributed by atoms with E-state index in [1.807, 2.05) is 51.1 Å². The van der Waals surface area contributed by atoms with Crippen LogP contribution < -0.4 is 74.5 Å². The number of sulfonamides is 1. The Balaban J connectivity index is 0.745. The molecule has 5 heterocycles. The van der Waals surface area contributed by atoms with Crippen LogP contribution >= 0.6 is 12.2 Å². The number of likely N-dealkylation sites (tertiary alicyclic amines) is 1. The lowest BCUT2D eigenvalue weighted by Gasteiger charge is -2.37. The van der Waals surface area contributed by atoms with Gasteiger partial charge in [-0.15, -0.1) is 0 Å². The number of pyridine rings is 2. The molecule has 9 rings (SSSR count). The first-order chi connectivity index (χ1) is 54.1. The number of amides is 11. The Labute approximate surface area is 663 Å². The molecule has 114 heavy (non-hydrogen) atoms. The zero-order chi connectivity index (χ0) is 82.9. The fraction of sp³-hybridized carbons (Fsp3) is 0.423. The van der Waals surface area contributed by atoms with Crippen LogP contribution in [0.4, 0.5) is 32.3 Å². The maximum Gasteiger partial charge on any atom is 0.355 e. The molecular formula is C78H96N16O18S2. The second-order valence-electron chi connectivity index (χ2n) is 29.2. The van der Waals surface area contributed by atoms with Crippen LogP contribution in [0, 0.1) is 17.8 Å². The quantitative estimate of drug-likeness (QED) is 0.0135. The molecule has 6 aromatic rings. The minimum atomic E-state index is -4.22. The van der Waals surface area contributed by atoms with E-state index in [1.54, 1.807) is 52.8 Å². The third-order valence-corrected chi connectivity index (χ3v) is 20.8. The highest BCUT2D eigenvalue weighted by Gasteiger charge is 2.52. The number of carbonyl (C=O) groups excluding carboxylic acids is 11. The summed E-state index contributed by atoms with van der Waals surface area (Å²) < 4.78 is 42.6. The number of carboxylic acids is 1. The van der Waals surface area contributed by atoms with Crippen LogP contribution in [0.1, 0.15) is 141 Å². The van der Waals surface area contributed by atoms with Crippen molar-refractivity contribution in [2.24, 2.45) is 23.5 Å². The van der Waals surface area contributed by atoms with E-state index in [4.69, 9.17) is 32.4 Å². The summed E-state index contributed by atoms with van der Waals surface area (Å²) in [5.74, 6) is -10.3. The molecule has 0 aliphatic carbocycles. The van der Waals surface area contributed by atoms with Crippen molar-refractivity contribution >= 4 is 132 Å². The highest BCUT2D eigenvalue weighted by molar-refractivity contribution is 7.92. The number of para-hydroxylation sites is 1. The van der Waals surface area contributed by atoms with E-state index < -0.39 is 161 Å². The number of urea groups is 2. The predicted octanol–water partition coefficient (Wildman–Crippen LogP) is 5.35. The number of rotatable bonds is 35. The fourth-order valence-corrected chi connectivity index (χ4v) is 14.7. The number of cyclic esters (lactones) is 1. The molecule has 1 fully saturated rings. The lowest BCUT2D eigenvalue weighted by molar-refractivity contribution is -0.191. The van der Waals surface area contributed by atoms with Gasteiger partial charge in [0, 0.05) is 52.4 Å². The van der Waals surface area contributed by atoms with E-state index >= 15 is 0 Å². The van der Waals surface area contributed by atoms with Crippen LogP contribution in [0.15, 0.2) is 119 Å². The van der Waals surface area contributed by atoms with Crippen LogP contribution in [0.25, 0.3) is 22.3 Å². The molecule has 36 heteroatoms. The van der Waals surface area contributed by atoms with Gasteiger partial charge in [0.15, 0.2) is 5.11 Å². The predicted molar refractivity (Wildman–Crippen MR) is 425 cm³/mol. The number of thiocarbonyl (C=S) groups is 1. The highest BCUT2D eigenvalue weighted by Crippen LogP contribution is 2.42. The number of hydrogen-bond acceptors (Lipinski definition) is 19. The van der Waals surface area contributed by atoms with Gasteiger partial charge in [-0.05, 0) is 147 Å². The number of hydrogen-bond donors (Lipinski definition) is 14. The van der Waals surface area contributed by atoms with Gasteiger partial charge < -0.3 is 88.3 Å². The fourth-order valence-electron chi connectivity index (χ4n) is 13.4. The van der Waals surface area contributed by atoms with Crippen LogP contribution in [0.2, 0.25) is 0 Å². The molecule has 15 N–H and O–H groups in total. The Morgan fingerprint density at radius 2 is 1.37 bits per heavy atom. The molecule has 0 radical (unpaired) electrons. The number of primary amides is 1. The number of unbranched alkanes of at least 4 members (excludes halogenated alkanes) is 1. The Morgan fingerprint density at radius 1 is 0.702 bits per heavy atom. The van der Waals surface area contributed by atoms with Gasteiger partial charge in [-0.3, -0.25) is 47.9 Å². The summed E-state index contributed by atoms with van der Waals surface area (Å²) in [4.78, 5) is 183. The SMILES string of the molecule is CCCCNC(=O)Nc1cccc(S(=O)(=O)Nc2cccc(C(CC(=O)O)NC(=O)Nc3ccc(NC(=S)NCC(=O)N4CCCC4C(=O)N[C@@H](CC(C)C)C(=O)NCC(=O)NC(CC(C)C)C(=O)NC(CC(N)=O)C(=O)NC(C(=O)OC4(CC)C(=O)OCc5c4cc4n(c5=O)Cc5cc6ccccc6nc5-4)C(C)C)cc3)c2)c1. The first-order valence-corrected chi connectivity index (χ1v) is 39.4. The van der Waals surface area contributed by atoms with Gasteiger partial charge in [0.25, 0.3) is 15.6 Å². The molecule has 0 saturated carbocycles. The Morgan fingerprint density at radius 3 is 2.04 bits per heavy atom. The van der Waals surface area contributed by atoms with E-state index in [-0.39, 0.29) is 101 Å². The number of fused-ring (bicyclic) bond motifs is 5. The van der Waals surface area contributed by atoms with Crippen molar-refractivity contribution in [2.75, 3.05) is 46.9 Å². The first kappa shape index (κ1) is 85.9. The summed E-state index contributed by atoms with van der Waals surface area (Å²) in [5, 5.41) is 39.9. The minimum absolute atomic E-state index is 0.0149. The number of ether oxygens (including phenoxy) is 2. The molecule has 7 atom stereocenters. The molecule has 4 aromatic carbocycles. The number of aromatic nitrogens is 2. The van der Waals surface area contributed by atoms with Crippen molar-refractivity contribution < 1.29 is 80.5 Å². The van der Waals surface area contributed by atoms with E-state index in [1.165, 1.54) is 70.1 Å². The van der Waals surface area contributed by atoms with Crippen LogP contribution in [0.5, 0.6) is 0 Å². The third-order valence-electron chi connectivity index (χ3n) is 19.2. The zero-order valence-corrected chi connectivity index (χ0v) is 66.0. The van der Waals surface area contributed by atoms with E-state index in [9.17, 15) is 75.9 Å². The lowest BCUT2D eigenvalue weighted by atomic mass is 9.85. The Kier molecular flexibility index (Phi) is 29.0. The molecule has 0 spiro atoms. The zero-order valence-electron chi connectivity index (χ0n) is 64.3.